The van der Waals surface area contributed by atoms with Crippen LogP contribution in [0.15, 0.2) is 53.6 Å². The number of benzene rings is 2. The fourth-order valence-electron chi connectivity index (χ4n) is 2.55. The first-order valence-corrected chi connectivity index (χ1v) is 9.48. The highest BCUT2D eigenvalue weighted by Gasteiger charge is 2.16. The molecule has 0 saturated carbocycles. The quantitative estimate of drug-likeness (QED) is 0.711. The van der Waals surface area contributed by atoms with E-state index in [1.165, 1.54) is 0 Å². The maximum Gasteiger partial charge on any atom is 0.261 e. The Kier molecular flexibility index (Phi) is 4.57. The van der Waals surface area contributed by atoms with Gasteiger partial charge in [-0.25, -0.2) is 8.42 Å². The van der Waals surface area contributed by atoms with Crippen LogP contribution < -0.4 is 4.72 Å². The Morgan fingerprint density at radius 1 is 1.12 bits per heavy atom. The lowest BCUT2D eigenvalue weighted by Crippen LogP contribution is -2.13. The smallest absolute Gasteiger partial charge is 0.261 e. The van der Waals surface area contributed by atoms with E-state index in [2.05, 4.69) is 28.8 Å². The van der Waals surface area contributed by atoms with E-state index in [-0.39, 0.29) is 4.90 Å². The molecule has 3 aromatic rings. The minimum atomic E-state index is -3.62. The Balaban J connectivity index is 1.81. The molecule has 0 saturated heterocycles. The lowest BCUT2D eigenvalue weighted by molar-refractivity contribution is 0.586. The van der Waals surface area contributed by atoms with E-state index in [0.29, 0.717) is 11.6 Å². The second-order valence-electron chi connectivity index (χ2n) is 6.32. The van der Waals surface area contributed by atoms with Crippen molar-refractivity contribution in [2.24, 2.45) is 5.92 Å². The van der Waals surface area contributed by atoms with Gasteiger partial charge in [0.1, 0.15) is 0 Å². The summed E-state index contributed by atoms with van der Waals surface area (Å²) in [5.74, 6) is 0.630. The third kappa shape index (κ3) is 3.59. The maximum absolute atomic E-state index is 12.6. The minimum Gasteiger partial charge on any atom is -0.279 e. The van der Waals surface area contributed by atoms with Crippen LogP contribution in [-0.2, 0) is 16.4 Å². The molecule has 2 N–H and O–H groups in total. The summed E-state index contributed by atoms with van der Waals surface area (Å²) in [7, 11) is -3.62. The van der Waals surface area contributed by atoms with E-state index in [0.717, 1.165) is 29.3 Å². The molecule has 2 aromatic carbocycles. The second-order valence-corrected chi connectivity index (χ2v) is 8.00. The zero-order valence-electron chi connectivity index (χ0n) is 13.8. The van der Waals surface area contributed by atoms with Crippen LogP contribution in [-0.4, -0.2) is 18.6 Å². The number of hydrogen-bond donors (Lipinski definition) is 2. The van der Waals surface area contributed by atoms with Gasteiger partial charge in [-0.3, -0.25) is 9.82 Å². The number of hydrogen-bond acceptors (Lipinski definition) is 3. The molecule has 6 heteroatoms. The zero-order chi connectivity index (χ0) is 17.2. The number of anilines is 1. The van der Waals surface area contributed by atoms with Gasteiger partial charge in [-0.1, -0.05) is 32.0 Å². The summed E-state index contributed by atoms with van der Waals surface area (Å²) in [4.78, 5) is 0.260. The molecular formula is C18H21N3O2S. The second kappa shape index (κ2) is 6.65. The largest absolute Gasteiger partial charge is 0.279 e. The lowest BCUT2D eigenvalue weighted by Gasteiger charge is -2.10. The normalized spacial score (nSPS) is 12.0. The van der Waals surface area contributed by atoms with E-state index in [9.17, 15) is 8.42 Å². The van der Waals surface area contributed by atoms with Crippen LogP contribution in [0, 0.1) is 5.92 Å². The van der Waals surface area contributed by atoms with Crippen LogP contribution in [0.3, 0.4) is 0 Å². The topological polar surface area (TPSA) is 74.8 Å². The number of aryl methyl sites for hydroxylation is 1. The highest BCUT2D eigenvalue weighted by molar-refractivity contribution is 7.92. The highest BCUT2D eigenvalue weighted by Crippen LogP contribution is 2.24. The zero-order valence-corrected chi connectivity index (χ0v) is 14.6. The van der Waals surface area contributed by atoms with Crippen LogP contribution in [0.25, 0.3) is 10.9 Å². The first-order chi connectivity index (χ1) is 11.5. The molecule has 1 aromatic heterocycles. The van der Waals surface area contributed by atoms with Crippen LogP contribution in [0.5, 0.6) is 0 Å². The molecule has 1 heterocycles. The van der Waals surface area contributed by atoms with Crippen LogP contribution in [0.1, 0.15) is 25.8 Å². The van der Waals surface area contributed by atoms with Gasteiger partial charge in [0.05, 0.1) is 22.3 Å². The molecule has 0 atom stereocenters. The van der Waals surface area contributed by atoms with Crippen molar-refractivity contribution in [1.29, 1.82) is 0 Å². The van der Waals surface area contributed by atoms with Gasteiger partial charge in [-0.15, -0.1) is 0 Å². The van der Waals surface area contributed by atoms with Crippen molar-refractivity contribution in [3.8, 4) is 0 Å². The van der Waals surface area contributed by atoms with Crippen molar-refractivity contribution < 1.29 is 8.42 Å². The Morgan fingerprint density at radius 3 is 2.58 bits per heavy atom. The summed E-state index contributed by atoms with van der Waals surface area (Å²) in [6, 6.07) is 12.5. The number of nitrogens with one attached hydrogen (secondary N) is 2. The number of rotatable bonds is 6. The summed E-state index contributed by atoms with van der Waals surface area (Å²) in [6.07, 6.45) is 3.66. The Labute approximate surface area is 142 Å². The number of sulfonamides is 1. The summed E-state index contributed by atoms with van der Waals surface area (Å²) >= 11 is 0. The van der Waals surface area contributed by atoms with E-state index >= 15 is 0 Å². The third-order valence-corrected chi connectivity index (χ3v) is 5.35. The first-order valence-electron chi connectivity index (χ1n) is 7.99. The number of fused-ring (bicyclic) bond motifs is 1. The molecule has 24 heavy (non-hydrogen) atoms. The lowest BCUT2D eigenvalue weighted by atomic mass is 10.0. The van der Waals surface area contributed by atoms with Gasteiger partial charge in [0, 0.05) is 5.39 Å². The van der Waals surface area contributed by atoms with Gasteiger partial charge in [0.2, 0.25) is 0 Å². The van der Waals surface area contributed by atoms with Crippen molar-refractivity contribution in [2.75, 3.05) is 4.72 Å². The Bertz CT molecular complexity index is 928. The molecule has 126 valence electrons. The number of aromatic amines is 1. The van der Waals surface area contributed by atoms with Crippen LogP contribution in [0.4, 0.5) is 5.69 Å². The molecule has 5 nitrogen and oxygen atoms in total. The van der Waals surface area contributed by atoms with E-state index < -0.39 is 10.0 Å². The Hall–Kier alpha value is -2.34. The van der Waals surface area contributed by atoms with Gasteiger partial charge in [0.15, 0.2) is 0 Å². The molecule has 3 rings (SSSR count). The predicted molar refractivity (Wildman–Crippen MR) is 96.5 cm³/mol. The molecule has 0 aliphatic carbocycles. The number of aromatic nitrogens is 2. The van der Waals surface area contributed by atoms with Gasteiger partial charge >= 0.3 is 0 Å². The summed E-state index contributed by atoms with van der Waals surface area (Å²) in [5.41, 5.74) is 2.46. The van der Waals surface area contributed by atoms with Crippen molar-refractivity contribution in [3.05, 3.63) is 54.2 Å². The molecule has 0 bridgehead atoms. The van der Waals surface area contributed by atoms with E-state index in [1.54, 1.807) is 30.5 Å². The molecule has 0 unspecified atom stereocenters. The fraction of sp³-hybridized carbons (Fsp3) is 0.278. The van der Waals surface area contributed by atoms with Crippen molar-refractivity contribution in [3.63, 3.8) is 0 Å². The first kappa shape index (κ1) is 16.5. The van der Waals surface area contributed by atoms with Gasteiger partial charge < -0.3 is 0 Å². The third-order valence-electron chi connectivity index (χ3n) is 3.97. The summed E-state index contributed by atoms with van der Waals surface area (Å²) in [6.45, 7) is 4.36. The summed E-state index contributed by atoms with van der Waals surface area (Å²) in [5, 5.41) is 7.53. The SMILES string of the molecule is CC(C)CCc1ccc(S(=O)(=O)Nc2cccc3[nH]ncc23)cc1. The molecule has 0 radical (unpaired) electrons. The number of nitrogens with zero attached hydrogens (tertiary/aromatic N) is 1. The molecular weight excluding hydrogens is 322 g/mol. The van der Waals surface area contributed by atoms with Crippen LogP contribution >= 0.6 is 0 Å². The van der Waals surface area contributed by atoms with Gasteiger partial charge in [-0.2, -0.15) is 5.10 Å². The van der Waals surface area contributed by atoms with Crippen LogP contribution in [0.2, 0.25) is 0 Å². The average molecular weight is 343 g/mol. The molecule has 0 amide bonds. The fourth-order valence-corrected chi connectivity index (χ4v) is 3.63. The van der Waals surface area contributed by atoms with E-state index in [4.69, 9.17) is 0 Å². The average Bonchev–Trinajstić information content (AvgIpc) is 3.03. The van der Waals surface area contributed by atoms with Crippen molar-refractivity contribution in [2.45, 2.75) is 31.6 Å². The Morgan fingerprint density at radius 2 is 1.88 bits per heavy atom. The maximum atomic E-state index is 12.6. The summed E-state index contributed by atoms with van der Waals surface area (Å²) < 4.78 is 27.9. The number of H-pyrrole nitrogens is 1. The minimum absolute atomic E-state index is 0.260. The van der Waals surface area contributed by atoms with Gasteiger partial charge in [-0.05, 0) is 48.6 Å². The van der Waals surface area contributed by atoms with Crippen molar-refractivity contribution in [1.82, 2.24) is 10.2 Å². The standard InChI is InChI=1S/C18H21N3O2S/c1-13(2)6-7-14-8-10-15(11-9-14)24(22,23)21-18-5-3-4-17-16(18)12-19-20-17/h3-5,8-13,21H,6-7H2,1-2H3,(H,19,20). The van der Waals surface area contributed by atoms with Gasteiger partial charge in [0.25, 0.3) is 10.0 Å². The monoisotopic (exact) mass is 343 g/mol. The van der Waals surface area contributed by atoms with E-state index in [1.807, 2.05) is 18.2 Å². The predicted octanol–water partition coefficient (Wildman–Crippen LogP) is 3.95. The highest BCUT2D eigenvalue weighted by atomic mass is 32.2. The molecule has 0 aliphatic heterocycles. The molecule has 0 aliphatic rings. The van der Waals surface area contributed by atoms with Crippen molar-refractivity contribution >= 4 is 26.6 Å². The molecule has 0 fully saturated rings. The molecule has 0 spiro atoms.